The molecular formula is C14H18BrN3. The SMILES string of the molecule is CCCc1nc(-c2cccc(Br)c2)c(N)n1CC. The molecule has 0 radical (unpaired) electrons. The predicted octanol–water partition coefficient (Wildman–Crippen LogP) is 3.87. The van der Waals surface area contributed by atoms with E-state index in [1.165, 1.54) is 0 Å². The molecular weight excluding hydrogens is 290 g/mol. The molecule has 0 saturated carbocycles. The summed E-state index contributed by atoms with van der Waals surface area (Å²) in [5.74, 6) is 1.84. The van der Waals surface area contributed by atoms with Gasteiger partial charge in [-0.1, -0.05) is 35.0 Å². The lowest BCUT2D eigenvalue weighted by atomic mass is 10.1. The minimum Gasteiger partial charge on any atom is -0.383 e. The summed E-state index contributed by atoms with van der Waals surface area (Å²) in [6.45, 7) is 5.12. The lowest BCUT2D eigenvalue weighted by molar-refractivity contribution is 0.690. The van der Waals surface area contributed by atoms with Crippen molar-refractivity contribution >= 4 is 21.7 Å². The third-order valence-electron chi connectivity index (χ3n) is 2.97. The van der Waals surface area contributed by atoms with Crippen LogP contribution < -0.4 is 5.73 Å². The minimum atomic E-state index is 0.763. The molecule has 18 heavy (non-hydrogen) atoms. The average Bonchev–Trinajstić information content (AvgIpc) is 2.66. The summed E-state index contributed by atoms with van der Waals surface area (Å²) >= 11 is 3.48. The van der Waals surface area contributed by atoms with Gasteiger partial charge in [0.2, 0.25) is 0 Å². The molecule has 0 aliphatic carbocycles. The number of nitrogens with two attached hydrogens (primary N) is 1. The Morgan fingerprint density at radius 2 is 2.11 bits per heavy atom. The molecule has 0 unspecified atom stereocenters. The van der Waals surface area contributed by atoms with Gasteiger partial charge in [0, 0.05) is 23.0 Å². The van der Waals surface area contributed by atoms with Gasteiger partial charge in [0.1, 0.15) is 17.3 Å². The normalized spacial score (nSPS) is 10.8. The Kier molecular flexibility index (Phi) is 4.07. The number of imidazole rings is 1. The highest BCUT2D eigenvalue weighted by molar-refractivity contribution is 9.10. The van der Waals surface area contributed by atoms with Gasteiger partial charge in [-0.05, 0) is 25.5 Å². The van der Waals surface area contributed by atoms with Crippen LogP contribution in [0.2, 0.25) is 0 Å². The van der Waals surface area contributed by atoms with Crippen molar-refractivity contribution in [2.45, 2.75) is 33.2 Å². The monoisotopic (exact) mass is 307 g/mol. The molecule has 0 amide bonds. The Bertz CT molecular complexity index is 546. The number of benzene rings is 1. The van der Waals surface area contributed by atoms with Crippen molar-refractivity contribution in [1.82, 2.24) is 9.55 Å². The highest BCUT2D eigenvalue weighted by Gasteiger charge is 2.14. The van der Waals surface area contributed by atoms with Gasteiger partial charge < -0.3 is 10.3 Å². The molecule has 0 spiro atoms. The molecule has 1 aromatic carbocycles. The second-order valence-electron chi connectivity index (χ2n) is 4.27. The number of hydrogen-bond acceptors (Lipinski definition) is 2. The summed E-state index contributed by atoms with van der Waals surface area (Å²) < 4.78 is 3.14. The van der Waals surface area contributed by atoms with Crippen LogP contribution in [-0.2, 0) is 13.0 Å². The number of rotatable bonds is 4. The van der Waals surface area contributed by atoms with Crippen LogP contribution in [0.1, 0.15) is 26.1 Å². The Balaban J connectivity index is 2.51. The second kappa shape index (κ2) is 5.57. The number of halogens is 1. The van der Waals surface area contributed by atoms with E-state index in [2.05, 4.69) is 40.4 Å². The van der Waals surface area contributed by atoms with E-state index in [1.807, 2.05) is 18.2 Å². The quantitative estimate of drug-likeness (QED) is 0.932. The number of anilines is 1. The van der Waals surface area contributed by atoms with Gasteiger partial charge in [0.15, 0.2) is 0 Å². The first-order valence-electron chi connectivity index (χ1n) is 6.28. The van der Waals surface area contributed by atoms with Crippen LogP contribution in [0.15, 0.2) is 28.7 Å². The fraction of sp³-hybridized carbons (Fsp3) is 0.357. The highest BCUT2D eigenvalue weighted by atomic mass is 79.9. The molecule has 4 heteroatoms. The van der Waals surface area contributed by atoms with Crippen LogP contribution in [0.5, 0.6) is 0 Å². The van der Waals surface area contributed by atoms with Crippen molar-refractivity contribution in [1.29, 1.82) is 0 Å². The molecule has 2 rings (SSSR count). The topological polar surface area (TPSA) is 43.8 Å². The van der Waals surface area contributed by atoms with E-state index in [-0.39, 0.29) is 0 Å². The summed E-state index contributed by atoms with van der Waals surface area (Å²) in [6.07, 6.45) is 2.04. The molecule has 1 heterocycles. The summed E-state index contributed by atoms with van der Waals surface area (Å²) in [4.78, 5) is 4.70. The van der Waals surface area contributed by atoms with Crippen molar-refractivity contribution in [2.24, 2.45) is 0 Å². The fourth-order valence-corrected chi connectivity index (χ4v) is 2.53. The third kappa shape index (κ3) is 2.43. The van der Waals surface area contributed by atoms with Gasteiger partial charge in [0.05, 0.1) is 0 Å². The summed E-state index contributed by atoms with van der Waals surface area (Å²) in [5, 5.41) is 0. The molecule has 2 N–H and O–H groups in total. The van der Waals surface area contributed by atoms with Crippen molar-refractivity contribution in [3.05, 3.63) is 34.6 Å². The summed E-state index contributed by atoms with van der Waals surface area (Å²) in [5.41, 5.74) is 8.16. The zero-order valence-corrected chi connectivity index (χ0v) is 12.4. The van der Waals surface area contributed by atoms with E-state index in [4.69, 9.17) is 10.7 Å². The number of nitrogens with zero attached hydrogens (tertiary/aromatic N) is 2. The molecule has 0 bridgehead atoms. The first-order chi connectivity index (χ1) is 8.67. The Morgan fingerprint density at radius 3 is 2.72 bits per heavy atom. The molecule has 0 atom stereocenters. The molecule has 3 nitrogen and oxygen atoms in total. The number of aryl methyl sites for hydroxylation is 1. The second-order valence-corrected chi connectivity index (χ2v) is 5.18. The molecule has 0 saturated heterocycles. The van der Waals surface area contributed by atoms with Gasteiger partial charge in [-0.15, -0.1) is 0 Å². The van der Waals surface area contributed by atoms with Crippen LogP contribution >= 0.6 is 15.9 Å². The van der Waals surface area contributed by atoms with Crippen molar-refractivity contribution in [3.63, 3.8) is 0 Å². The maximum Gasteiger partial charge on any atom is 0.131 e. The van der Waals surface area contributed by atoms with E-state index in [0.29, 0.717) is 0 Å². The summed E-state index contributed by atoms with van der Waals surface area (Å²) in [6, 6.07) is 8.10. The van der Waals surface area contributed by atoms with E-state index >= 15 is 0 Å². The molecule has 0 fully saturated rings. The highest BCUT2D eigenvalue weighted by Crippen LogP contribution is 2.28. The van der Waals surface area contributed by atoms with Gasteiger partial charge in [0.25, 0.3) is 0 Å². The van der Waals surface area contributed by atoms with Gasteiger partial charge in [-0.3, -0.25) is 0 Å². The minimum absolute atomic E-state index is 0.763. The lowest BCUT2D eigenvalue weighted by Gasteiger charge is -2.05. The number of aromatic nitrogens is 2. The summed E-state index contributed by atoms with van der Waals surface area (Å²) in [7, 11) is 0. The molecule has 1 aromatic heterocycles. The zero-order valence-electron chi connectivity index (χ0n) is 10.8. The van der Waals surface area contributed by atoms with Crippen LogP contribution in [0.3, 0.4) is 0 Å². The maximum absolute atomic E-state index is 6.21. The van der Waals surface area contributed by atoms with Crippen molar-refractivity contribution in [3.8, 4) is 11.3 Å². The zero-order chi connectivity index (χ0) is 13.1. The van der Waals surface area contributed by atoms with E-state index < -0.39 is 0 Å². The third-order valence-corrected chi connectivity index (χ3v) is 3.47. The van der Waals surface area contributed by atoms with Gasteiger partial charge >= 0.3 is 0 Å². The van der Waals surface area contributed by atoms with Gasteiger partial charge in [-0.2, -0.15) is 0 Å². The maximum atomic E-state index is 6.21. The lowest BCUT2D eigenvalue weighted by Crippen LogP contribution is -2.05. The first kappa shape index (κ1) is 13.1. The van der Waals surface area contributed by atoms with Crippen molar-refractivity contribution in [2.75, 3.05) is 5.73 Å². The first-order valence-corrected chi connectivity index (χ1v) is 7.07. The smallest absolute Gasteiger partial charge is 0.131 e. The van der Waals surface area contributed by atoms with Crippen LogP contribution in [-0.4, -0.2) is 9.55 Å². The molecule has 0 aliphatic heterocycles. The largest absolute Gasteiger partial charge is 0.383 e. The van der Waals surface area contributed by atoms with Crippen LogP contribution in [0.4, 0.5) is 5.82 Å². The van der Waals surface area contributed by atoms with Crippen molar-refractivity contribution < 1.29 is 0 Å². The van der Waals surface area contributed by atoms with E-state index in [1.54, 1.807) is 0 Å². The van der Waals surface area contributed by atoms with Crippen LogP contribution in [0, 0.1) is 0 Å². The van der Waals surface area contributed by atoms with E-state index in [0.717, 1.165) is 46.8 Å². The molecule has 96 valence electrons. The Morgan fingerprint density at radius 1 is 1.33 bits per heavy atom. The fourth-order valence-electron chi connectivity index (χ4n) is 2.13. The Hall–Kier alpha value is -1.29. The number of nitrogen functional groups attached to an aromatic ring is 1. The molecule has 0 aliphatic rings. The average molecular weight is 308 g/mol. The standard InChI is InChI=1S/C14H18BrN3/c1-3-6-12-17-13(14(16)18(12)4-2)10-7-5-8-11(15)9-10/h5,7-9H,3-4,6,16H2,1-2H3. The number of hydrogen-bond donors (Lipinski definition) is 1. The van der Waals surface area contributed by atoms with Crippen LogP contribution in [0.25, 0.3) is 11.3 Å². The van der Waals surface area contributed by atoms with Gasteiger partial charge in [-0.25, -0.2) is 4.98 Å². The Labute approximate surface area is 116 Å². The molecule has 2 aromatic rings. The van der Waals surface area contributed by atoms with E-state index in [9.17, 15) is 0 Å². The predicted molar refractivity (Wildman–Crippen MR) is 79.4 cm³/mol.